The fourth-order valence-electron chi connectivity index (χ4n) is 5.36. The summed E-state index contributed by atoms with van der Waals surface area (Å²) in [4.78, 5) is 18.4. The number of nitrogens with one attached hydrogen (secondary N) is 1. The van der Waals surface area contributed by atoms with Crippen LogP contribution >= 0.6 is 0 Å². The Morgan fingerprint density at radius 3 is 2.75 bits per heavy atom. The van der Waals surface area contributed by atoms with Gasteiger partial charge in [-0.2, -0.15) is 4.31 Å². The van der Waals surface area contributed by atoms with Gasteiger partial charge in [0.15, 0.2) is 0 Å². The van der Waals surface area contributed by atoms with Crippen molar-refractivity contribution in [2.24, 2.45) is 5.73 Å². The lowest BCUT2D eigenvalue weighted by Gasteiger charge is -2.36. The quantitative estimate of drug-likeness (QED) is 0.544. The van der Waals surface area contributed by atoms with Gasteiger partial charge in [-0.3, -0.25) is 4.79 Å². The SMILES string of the molecule is Cc1ccc2cc(CN(C3CCCC(N)C3)S(=O)(=O)c3ccc4c(c3)OCCN4C)c(=O)[nH]c2c1C. The van der Waals surface area contributed by atoms with Gasteiger partial charge in [-0.25, -0.2) is 8.42 Å². The number of sulfonamides is 1. The van der Waals surface area contributed by atoms with Gasteiger partial charge in [0.05, 0.1) is 22.6 Å². The van der Waals surface area contributed by atoms with Gasteiger partial charge in [-0.1, -0.05) is 18.6 Å². The number of aryl methyl sites for hydroxylation is 2. The van der Waals surface area contributed by atoms with Crippen molar-refractivity contribution in [3.63, 3.8) is 0 Å². The van der Waals surface area contributed by atoms with E-state index in [4.69, 9.17) is 10.5 Å². The molecular weight excluding hydrogens is 476 g/mol. The van der Waals surface area contributed by atoms with Crippen molar-refractivity contribution in [2.75, 3.05) is 25.1 Å². The summed E-state index contributed by atoms with van der Waals surface area (Å²) in [7, 11) is -1.97. The van der Waals surface area contributed by atoms with Crippen LogP contribution in [0.2, 0.25) is 0 Å². The first-order chi connectivity index (χ1) is 17.1. The molecule has 3 N–H and O–H groups in total. The molecule has 0 amide bonds. The van der Waals surface area contributed by atoms with E-state index >= 15 is 0 Å². The highest BCUT2D eigenvalue weighted by molar-refractivity contribution is 7.89. The van der Waals surface area contributed by atoms with Crippen LogP contribution in [-0.4, -0.2) is 50.0 Å². The van der Waals surface area contributed by atoms with Crippen LogP contribution in [0.5, 0.6) is 5.75 Å². The molecule has 0 spiro atoms. The van der Waals surface area contributed by atoms with Crippen molar-refractivity contribution in [1.29, 1.82) is 0 Å². The third-order valence-corrected chi connectivity index (χ3v) is 9.58. The number of likely N-dealkylation sites (N-methyl/N-ethyl adjacent to an activating group) is 1. The standard InChI is InChI=1S/C27H34N4O4S/c1-17-7-8-19-13-20(27(32)29-26(19)18(17)2)16-31(22-6-4-5-21(28)14-22)36(33,34)23-9-10-24-25(15-23)35-12-11-30(24)3/h7-10,13,15,21-22H,4-6,11-12,14,16,28H2,1-3H3,(H,29,32). The number of rotatable bonds is 5. The molecule has 2 atom stereocenters. The molecule has 8 nitrogen and oxygen atoms in total. The van der Waals surface area contributed by atoms with E-state index < -0.39 is 10.0 Å². The Labute approximate surface area is 212 Å². The molecule has 2 heterocycles. The van der Waals surface area contributed by atoms with Gasteiger partial charge >= 0.3 is 0 Å². The van der Waals surface area contributed by atoms with E-state index in [1.54, 1.807) is 18.2 Å². The zero-order valence-corrected chi connectivity index (χ0v) is 21.9. The second-order valence-corrected chi connectivity index (χ2v) is 12.0. The van der Waals surface area contributed by atoms with Crippen LogP contribution in [0.4, 0.5) is 5.69 Å². The highest BCUT2D eigenvalue weighted by atomic mass is 32.2. The molecule has 0 radical (unpaired) electrons. The Bertz CT molecular complexity index is 1470. The lowest BCUT2D eigenvalue weighted by molar-refractivity contribution is 0.231. The summed E-state index contributed by atoms with van der Waals surface area (Å²) in [6.07, 6.45) is 3.00. The zero-order chi connectivity index (χ0) is 25.6. The lowest BCUT2D eigenvalue weighted by atomic mass is 9.91. The monoisotopic (exact) mass is 510 g/mol. The van der Waals surface area contributed by atoms with Gasteiger partial charge in [0, 0.05) is 37.3 Å². The van der Waals surface area contributed by atoms with Crippen LogP contribution in [0, 0.1) is 13.8 Å². The predicted molar refractivity (Wildman–Crippen MR) is 142 cm³/mol. The van der Waals surface area contributed by atoms with Gasteiger partial charge < -0.3 is 20.4 Å². The Kier molecular flexibility index (Phi) is 6.57. The fourth-order valence-corrected chi connectivity index (χ4v) is 7.02. The Balaban J connectivity index is 1.57. The molecule has 0 bridgehead atoms. The second kappa shape index (κ2) is 9.53. The molecule has 1 saturated carbocycles. The van der Waals surface area contributed by atoms with Crippen LogP contribution in [0.3, 0.4) is 0 Å². The highest BCUT2D eigenvalue weighted by Crippen LogP contribution is 2.36. The molecule has 9 heteroatoms. The van der Waals surface area contributed by atoms with Crippen LogP contribution in [0.25, 0.3) is 10.9 Å². The average molecular weight is 511 g/mol. The first-order valence-corrected chi connectivity index (χ1v) is 14.0. The third kappa shape index (κ3) is 4.51. The number of hydrogen-bond donors (Lipinski definition) is 2. The summed E-state index contributed by atoms with van der Waals surface area (Å²) in [6.45, 7) is 5.20. The minimum atomic E-state index is -3.93. The average Bonchev–Trinajstić information content (AvgIpc) is 2.85. The summed E-state index contributed by atoms with van der Waals surface area (Å²) >= 11 is 0. The Morgan fingerprint density at radius 2 is 1.97 bits per heavy atom. The normalized spacial score (nSPS) is 20.4. The number of nitrogens with two attached hydrogens (primary N) is 1. The van der Waals surface area contributed by atoms with Crippen molar-refractivity contribution < 1.29 is 13.2 Å². The first kappa shape index (κ1) is 24.8. The number of anilines is 1. The number of nitrogens with zero attached hydrogens (tertiary/aromatic N) is 2. The number of benzene rings is 2. The Hall–Kier alpha value is -2.88. The van der Waals surface area contributed by atoms with E-state index in [0.717, 1.165) is 47.1 Å². The number of pyridine rings is 1. The summed E-state index contributed by atoms with van der Waals surface area (Å²) in [5, 5.41) is 0.885. The Morgan fingerprint density at radius 1 is 1.17 bits per heavy atom. The molecule has 2 unspecified atom stereocenters. The summed E-state index contributed by atoms with van der Waals surface area (Å²) < 4.78 is 35.4. The fraction of sp³-hybridized carbons (Fsp3) is 0.444. The number of aromatic nitrogens is 1. The summed E-state index contributed by atoms with van der Waals surface area (Å²) in [5.41, 5.74) is 10.2. The molecule has 192 valence electrons. The van der Waals surface area contributed by atoms with Gasteiger partial charge in [-0.15, -0.1) is 0 Å². The van der Waals surface area contributed by atoms with Crippen molar-refractivity contribution in [3.8, 4) is 5.75 Å². The molecule has 1 aliphatic heterocycles. The van der Waals surface area contributed by atoms with Gasteiger partial charge in [0.2, 0.25) is 10.0 Å². The molecule has 1 fully saturated rings. The van der Waals surface area contributed by atoms with E-state index in [0.29, 0.717) is 30.8 Å². The van der Waals surface area contributed by atoms with E-state index in [9.17, 15) is 13.2 Å². The second-order valence-electron chi connectivity index (χ2n) is 10.1. The maximum Gasteiger partial charge on any atom is 0.252 e. The molecule has 1 aromatic heterocycles. The van der Waals surface area contributed by atoms with Gasteiger partial charge in [0.1, 0.15) is 12.4 Å². The van der Waals surface area contributed by atoms with E-state index in [1.165, 1.54) is 4.31 Å². The lowest BCUT2D eigenvalue weighted by Crippen LogP contribution is -2.46. The van der Waals surface area contributed by atoms with Crippen LogP contribution in [0.1, 0.15) is 42.4 Å². The van der Waals surface area contributed by atoms with Crippen molar-refractivity contribution in [2.45, 2.75) is 63.1 Å². The van der Waals surface area contributed by atoms with E-state index in [2.05, 4.69) is 4.98 Å². The number of fused-ring (bicyclic) bond motifs is 2. The van der Waals surface area contributed by atoms with Crippen molar-refractivity contribution in [3.05, 3.63) is 63.4 Å². The molecule has 2 aromatic carbocycles. The van der Waals surface area contributed by atoms with Crippen LogP contribution < -0.4 is 20.9 Å². The number of hydrogen-bond acceptors (Lipinski definition) is 6. The van der Waals surface area contributed by atoms with Gasteiger partial charge in [0.25, 0.3) is 5.56 Å². The molecule has 5 rings (SSSR count). The molecule has 2 aliphatic rings. The molecule has 3 aromatic rings. The van der Waals surface area contributed by atoms with Gasteiger partial charge in [-0.05, 0) is 67.8 Å². The largest absolute Gasteiger partial charge is 0.490 e. The zero-order valence-electron chi connectivity index (χ0n) is 21.1. The molecular formula is C27H34N4O4S. The van der Waals surface area contributed by atoms with E-state index in [1.807, 2.05) is 44.0 Å². The maximum atomic E-state index is 14.1. The minimum absolute atomic E-state index is 0.0181. The highest BCUT2D eigenvalue weighted by Gasteiger charge is 2.35. The number of aromatic amines is 1. The minimum Gasteiger partial charge on any atom is -0.490 e. The van der Waals surface area contributed by atoms with Crippen LogP contribution in [-0.2, 0) is 16.6 Å². The smallest absolute Gasteiger partial charge is 0.252 e. The predicted octanol–water partition coefficient (Wildman–Crippen LogP) is 3.43. The van der Waals surface area contributed by atoms with Crippen molar-refractivity contribution >= 4 is 26.6 Å². The molecule has 0 saturated heterocycles. The first-order valence-electron chi connectivity index (χ1n) is 12.5. The third-order valence-electron chi connectivity index (χ3n) is 7.68. The number of H-pyrrole nitrogens is 1. The molecule has 36 heavy (non-hydrogen) atoms. The summed E-state index contributed by atoms with van der Waals surface area (Å²) in [6, 6.07) is 10.5. The molecule has 1 aliphatic carbocycles. The van der Waals surface area contributed by atoms with Crippen molar-refractivity contribution in [1.82, 2.24) is 9.29 Å². The van der Waals surface area contributed by atoms with Crippen LogP contribution in [0.15, 0.2) is 46.1 Å². The summed E-state index contributed by atoms with van der Waals surface area (Å²) in [5.74, 6) is 0.555. The maximum absolute atomic E-state index is 14.1. The number of ether oxygens (including phenoxy) is 1. The topological polar surface area (TPSA) is 109 Å². The van der Waals surface area contributed by atoms with E-state index in [-0.39, 0.29) is 29.1 Å².